The SMILES string of the molecule is CN=C(NCc1ccc(OC)cc1)NCC1Cc2ccccc21.I. The van der Waals surface area contributed by atoms with Crippen molar-refractivity contribution in [3.63, 3.8) is 0 Å². The lowest BCUT2D eigenvalue weighted by Crippen LogP contribution is -2.40. The first-order chi connectivity index (χ1) is 11.3. The van der Waals surface area contributed by atoms with Crippen molar-refractivity contribution in [2.24, 2.45) is 4.99 Å². The molecule has 0 bridgehead atoms. The van der Waals surface area contributed by atoms with Crippen LogP contribution in [0.25, 0.3) is 0 Å². The number of hydrogen-bond donors (Lipinski definition) is 2. The first-order valence-corrected chi connectivity index (χ1v) is 7.95. The van der Waals surface area contributed by atoms with Crippen LogP contribution in [0, 0.1) is 0 Å². The van der Waals surface area contributed by atoms with Crippen LogP contribution >= 0.6 is 24.0 Å². The molecule has 0 aromatic heterocycles. The minimum absolute atomic E-state index is 0. The average molecular weight is 437 g/mol. The summed E-state index contributed by atoms with van der Waals surface area (Å²) in [5.41, 5.74) is 4.13. The second kappa shape index (κ2) is 8.92. The van der Waals surface area contributed by atoms with Crippen molar-refractivity contribution in [1.82, 2.24) is 10.6 Å². The number of fused-ring (bicyclic) bond motifs is 1. The number of nitrogens with zero attached hydrogens (tertiary/aromatic N) is 1. The maximum atomic E-state index is 5.17. The number of rotatable bonds is 5. The molecule has 128 valence electrons. The van der Waals surface area contributed by atoms with Crippen LogP contribution in [-0.2, 0) is 13.0 Å². The molecule has 3 rings (SSSR count). The predicted molar refractivity (Wildman–Crippen MR) is 109 cm³/mol. The van der Waals surface area contributed by atoms with Gasteiger partial charge in [-0.15, -0.1) is 24.0 Å². The number of aliphatic imine (C=N–C) groups is 1. The highest BCUT2D eigenvalue weighted by atomic mass is 127. The number of halogens is 1. The van der Waals surface area contributed by atoms with Gasteiger partial charge in [0, 0.05) is 26.1 Å². The Bertz CT molecular complexity index is 685. The lowest BCUT2D eigenvalue weighted by Gasteiger charge is -2.30. The first-order valence-electron chi connectivity index (χ1n) is 7.95. The molecule has 2 N–H and O–H groups in total. The van der Waals surface area contributed by atoms with E-state index in [2.05, 4.69) is 52.0 Å². The molecule has 0 saturated heterocycles. The number of guanidine groups is 1. The summed E-state index contributed by atoms with van der Waals surface area (Å²) in [6.45, 7) is 1.66. The minimum Gasteiger partial charge on any atom is -0.497 e. The molecule has 0 radical (unpaired) electrons. The minimum atomic E-state index is 0. The van der Waals surface area contributed by atoms with E-state index in [-0.39, 0.29) is 24.0 Å². The van der Waals surface area contributed by atoms with Crippen molar-refractivity contribution in [2.75, 3.05) is 20.7 Å². The van der Waals surface area contributed by atoms with E-state index in [9.17, 15) is 0 Å². The van der Waals surface area contributed by atoms with Crippen molar-refractivity contribution in [3.8, 4) is 5.75 Å². The van der Waals surface area contributed by atoms with Crippen molar-refractivity contribution in [1.29, 1.82) is 0 Å². The molecule has 24 heavy (non-hydrogen) atoms. The number of nitrogens with one attached hydrogen (secondary N) is 2. The van der Waals surface area contributed by atoms with E-state index < -0.39 is 0 Å². The molecule has 1 unspecified atom stereocenters. The Balaban J connectivity index is 0.00000208. The third-order valence-corrected chi connectivity index (χ3v) is 4.32. The predicted octanol–water partition coefficient (Wildman–Crippen LogP) is 3.32. The number of ether oxygens (including phenoxy) is 1. The lowest BCUT2D eigenvalue weighted by molar-refractivity contribution is 0.414. The van der Waals surface area contributed by atoms with Crippen LogP contribution in [0.5, 0.6) is 5.75 Å². The Kier molecular flexibility index (Phi) is 6.90. The molecule has 0 aliphatic heterocycles. The van der Waals surface area contributed by atoms with Gasteiger partial charge >= 0.3 is 0 Å². The van der Waals surface area contributed by atoms with Gasteiger partial charge in [-0.25, -0.2) is 0 Å². The number of hydrogen-bond acceptors (Lipinski definition) is 2. The standard InChI is InChI=1S/C19H23N3O.HI/c1-20-19(21-12-14-7-9-17(23-2)10-8-14)22-13-16-11-15-5-3-4-6-18(15)16;/h3-10,16H,11-13H2,1-2H3,(H2,20,21,22);1H. The normalized spacial score (nSPS) is 15.6. The van der Waals surface area contributed by atoms with Crippen molar-refractivity contribution < 1.29 is 4.74 Å². The van der Waals surface area contributed by atoms with Crippen molar-refractivity contribution in [3.05, 3.63) is 65.2 Å². The smallest absolute Gasteiger partial charge is 0.191 e. The lowest BCUT2D eigenvalue weighted by atomic mass is 9.78. The van der Waals surface area contributed by atoms with Gasteiger partial charge in [0.25, 0.3) is 0 Å². The summed E-state index contributed by atoms with van der Waals surface area (Å²) < 4.78 is 5.17. The fourth-order valence-corrected chi connectivity index (χ4v) is 2.91. The van der Waals surface area contributed by atoms with Gasteiger partial charge in [0.15, 0.2) is 5.96 Å². The molecular formula is C19H24IN3O. The maximum Gasteiger partial charge on any atom is 0.191 e. The summed E-state index contributed by atoms with van der Waals surface area (Å²) in [6.07, 6.45) is 1.15. The van der Waals surface area contributed by atoms with Crippen LogP contribution < -0.4 is 15.4 Å². The van der Waals surface area contributed by atoms with Gasteiger partial charge in [-0.3, -0.25) is 4.99 Å². The van der Waals surface area contributed by atoms with E-state index in [4.69, 9.17) is 4.74 Å². The van der Waals surface area contributed by atoms with Crippen LogP contribution in [0.2, 0.25) is 0 Å². The Morgan fingerprint density at radius 2 is 1.88 bits per heavy atom. The highest BCUT2D eigenvalue weighted by molar-refractivity contribution is 14.0. The second-order valence-electron chi connectivity index (χ2n) is 5.75. The summed E-state index contributed by atoms with van der Waals surface area (Å²) in [4.78, 5) is 4.29. The van der Waals surface area contributed by atoms with Gasteiger partial charge in [-0.1, -0.05) is 36.4 Å². The Morgan fingerprint density at radius 1 is 1.12 bits per heavy atom. The summed E-state index contributed by atoms with van der Waals surface area (Å²) >= 11 is 0. The molecule has 1 atom stereocenters. The number of benzene rings is 2. The van der Waals surface area contributed by atoms with E-state index in [0.717, 1.165) is 31.2 Å². The first kappa shape index (κ1) is 18.6. The molecule has 2 aromatic carbocycles. The van der Waals surface area contributed by atoms with Crippen LogP contribution in [0.15, 0.2) is 53.5 Å². The van der Waals surface area contributed by atoms with Gasteiger partial charge < -0.3 is 15.4 Å². The number of methoxy groups -OCH3 is 1. The summed E-state index contributed by atoms with van der Waals surface area (Å²) in [7, 11) is 3.48. The third kappa shape index (κ3) is 4.41. The van der Waals surface area contributed by atoms with E-state index in [1.165, 1.54) is 16.7 Å². The molecule has 5 heteroatoms. The van der Waals surface area contributed by atoms with E-state index in [1.54, 1.807) is 14.2 Å². The highest BCUT2D eigenvalue weighted by Crippen LogP contribution is 2.33. The van der Waals surface area contributed by atoms with Crippen LogP contribution in [0.4, 0.5) is 0 Å². The maximum absolute atomic E-state index is 5.17. The van der Waals surface area contributed by atoms with Crippen LogP contribution in [0.3, 0.4) is 0 Å². The summed E-state index contributed by atoms with van der Waals surface area (Å²) in [5.74, 6) is 2.30. The molecule has 4 nitrogen and oxygen atoms in total. The van der Waals surface area contributed by atoms with Gasteiger partial charge in [-0.2, -0.15) is 0 Å². The highest BCUT2D eigenvalue weighted by Gasteiger charge is 2.25. The molecule has 0 fully saturated rings. The summed E-state index contributed by atoms with van der Waals surface area (Å²) in [6, 6.07) is 16.7. The van der Waals surface area contributed by atoms with Gasteiger partial charge in [0.2, 0.25) is 0 Å². The molecule has 1 aliphatic rings. The second-order valence-corrected chi connectivity index (χ2v) is 5.75. The molecule has 0 saturated carbocycles. The monoisotopic (exact) mass is 437 g/mol. The zero-order chi connectivity index (χ0) is 16.1. The van der Waals surface area contributed by atoms with Crippen LogP contribution in [-0.4, -0.2) is 26.7 Å². The van der Waals surface area contributed by atoms with Gasteiger partial charge in [0.1, 0.15) is 5.75 Å². The molecule has 2 aromatic rings. The zero-order valence-corrected chi connectivity index (χ0v) is 16.4. The quantitative estimate of drug-likeness (QED) is 0.429. The molecule has 0 heterocycles. The largest absolute Gasteiger partial charge is 0.497 e. The molecule has 1 aliphatic carbocycles. The topological polar surface area (TPSA) is 45.7 Å². The van der Waals surface area contributed by atoms with Crippen molar-refractivity contribution in [2.45, 2.75) is 18.9 Å². The van der Waals surface area contributed by atoms with E-state index in [0.29, 0.717) is 5.92 Å². The average Bonchev–Trinajstić information content (AvgIpc) is 2.59. The van der Waals surface area contributed by atoms with Crippen molar-refractivity contribution >= 4 is 29.9 Å². The fourth-order valence-electron chi connectivity index (χ4n) is 2.91. The van der Waals surface area contributed by atoms with E-state index in [1.807, 2.05) is 12.1 Å². The third-order valence-electron chi connectivity index (χ3n) is 4.32. The van der Waals surface area contributed by atoms with Gasteiger partial charge in [0.05, 0.1) is 7.11 Å². The van der Waals surface area contributed by atoms with E-state index >= 15 is 0 Å². The van der Waals surface area contributed by atoms with Gasteiger partial charge in [-0.05, 0) is 35.2 Å². The zero-order valence-electron chi connectivity index (χ0n) is 14.1. The fraction of sp³-hybridized carbons (Fsp3) is 0.316. The Labute approximate surface area is 160 Å². The summed E-state index contributed by atoms with van der Waals surface area (Å²) in [5, 5.41) is 6.77. The molecule has 0 spiro atoms. The van der Waals surface area contributed by atoms with Crippen LogP contribution in [0.1, 0.15) is 22.6 Å². The Hall–Kier alpha value is -1.76. The molecule has 0 amide bonds. The Morgan fingerprint density at radius 3 is 2.54 bits per heavy atom. The molecular weight excluding hydrogens is 413 g/mol.